The summed E-state index contributed by atoms with van der Waals surface area (Å²) in [5.74, 6) is 0. The molecule has 8 rings (SSSR count). The smallest absolute Gasteiger partial charge is 0.242 e. The Morgan fingerprint density at radius 2 is 0.547 bits per heavy atom. The fraction of sp³-hybridized carbons (Fsp3) is 0.267. The number of fused-ring (bicyclic) bond motifs is 2. The summed E-state index contributed by atoms with van der Waals surface area (Å²) in [4.78, 5) is 4.58. The number of rotatable bonds is 9. The van der Waals surface area contributed by atoms with Crippen molar-refractivity contribution in [1.29, 1.82) is 0 Å². The van der Waals surface area contributed by atoms with E-state index in [9.17, 15) is 0 Å². The molecule has 0 heterocycles. The minimum absolute atomic E-state index is 0.102. The predicted molar refractivity (Wildman–Crippen MR) is 287 cm³/mol. The van der Waals surface area contributed by atoms with Gasteiger partial charge in [0.2, 0.25) is 13.4 Å². The third-order valence-electron chi connectivity index (χ3n) is 14.0. The molecule has 8 aromatic rings. The Bertz CT molecular complexity index is 2730. The van der Waals surface area contributed by atoms with Gasteiger partial charge in [0.25, 0.3) is 0 Å². The lowest BCUT2D eigenvalue weighted by molar-refractivity contribution is 1.12. The van der Waals surface area contributed by atoms with Gasteiger partial charge in [-0.05, 0) is 117 Å². The SMILES string of the molecule is Cc1cc(C)c(B(c2ccc3c(-c4c(N(C)C)ccc5cc(B(c6c(C)cc(C)cc6C)c6c(C)cc(C)cc6C)ccc45)c(N(C)C)ccc3c2)c2c(C)cc(C)cc2C)c(C)c1. The normalized spacial score (nSPS) is 11.4. The molecular weight excluding hydrogens is 770 g/mol. The zero-order valence-corrected chi connectivity index (χ0v) is 41.4. The Kier molecular flexibility index (Phi) is 12.0. The summed E-state index contributed by atoms with van der Waals surface area (Å²) in [5.41, 5.74) is 29.3. The molecule has 0 aromatic heterocycles. The molecule has 0 saturated heterocycles. The van der Waals surface area contributed by atoms with Gasteiger partial charge in [-0.25, -0.2) is 0 Å². The molecule has 0 spiro atoms. The van der Waals surface area contributed by atoms with Crippen molar-refractivity contribution < 1.29 is 0 Å². The zero-order chi connectivity index (χ0) is 46.0. The Morgan fingerprint density at radius 3 is 0.781 bits per heavy atom. The molecule has 8 aromatic carbocycles. The second kappa shape index (κ2) is 17.2. The summed E-state index contributed by atoms with van der Waals surface area (Å²) < 4.78 is 0. The number of benzene rings is 8. The van der Waals surface area contributed by atoms with E-state index in [4.69, 9.17) is 0 Å². The maximum absolute atomic E-state index is 2.49. The van der Waals surface area contributed by atoms with E-state index in [2.05, 4.69) is 230 Å². The molecule has 0 saturated carbocycles. The van der Waals surface area contributed by atoms with Crippen molar-refractivity contribution in [2.24, 2.45) is 0 Å². The molecule has 322 valence electrons. The summed E-state index contributed by atoms with van der Waals surface area (Å²) >= 11 is 0. The number of anilines is 2. The lowest BCUT2D eigenvalue weighted by Crippen LogP contribution is -2.55. The first-order valence-electron chi connectivity index (χ1n) is 23.1. The minimum Gasteiger partial charge on any atom is -0.377 e. The molecule has 0 aliphatic heterocycles. The van der Waals surface area contributed by atoms with Crippen LogP contribution in [-0.4, -0.2) is 41.6 Å². The van der Waals surface area contributed by atoms with Gasteiger partial charge in [0.1, 0.15) is 0 Å². The first kappa shape index (κ1) is 44.6. The van der Waals surface area contributed by atoms with Crippen LogP contribution in [0.5, 0.6) is 0 Å². The van der Waals surface area contributed by atoms with E-state index in [0.29, 0.717) is 0 Å². The maximum atomic E-state index is 2.49. The van der Waals surface area contributed by atoms with Crippen LogP contribution in [0.15, 0.2) is 109 Å². The standard InChI is InChI=1S/C60H66B2N2/c1-35-25-39(5)57(40(6)26-35)61(58-41(7)27-36(2)28-42(58)8)49-19-21-51-47(33-49)17-23-53(63(13)14)55(51)56-52-22-20-50(34-48(52)18-24-54(56)64(15)16)62(59-43(9)29-37(3)30-44(59)10)60-45(11)31-38(4)32-46(60)12/h17-34H,1-16H3. The van der Waals surface area contributed by atoms with Gasteiger partial charge in [0, 0.05) is 50.7 Å². The van der Waals surface area contributed by atoms with Gasteiger partial charge in [0.15, 0.2) is 0 Å². The van der Waals surface area contributed by atoms with E-state index in [1.165, 1.54) is 144 Å². The number of hydrogen-bond acceptors (Lipinski definition) is 2. The summed E-state index contributed by atoms with van der Waals surface area (Å²) in [7, 11) is 8.73. The first-order chi connectivity index (χ1) is 30.3. The molecule has 0 radical (unpaired) electrons. The second-order valence-electron chi connectivity index (χ2n) is 19.8. The Hall–Kier alpha value is -5.99. The van der Waals surface area contributed by atoms with E-state index in [0.717, 1.165) is 0 Å². The van der Waals surface area contributed by atoms with Crippen LogP contribution in [0.2, 0.25) is 0 Å². The highest BCUT2D eigenvalue weighted by Gasteiger charge is 2.31. The van der Waals surface area contributed by atoms with Crippen molar-refractivity contribution in [3.8, 4) is 11.1 Å². The van der Waals surface area contributed by atoms with Crippen LogP contribution in [0, 0.1) is 83.1 Å². The highest BCUT2D eigenvalue weighted by Crippen LogP contribution is 2.45. The van der Waals surface area contributed by atoms with Crippen molar-refractivity contribution in [2.75, 3.05) is 38.0 Å². The van der Waals surface area contributed by atoms with E-state index >= 15 is 0 Å². The van der Waals surface area contributed by atoms with E-state index in [1.807, 2.05) is 0 Å². The van der Waals surface area contributed by atoms with E-state index < -0.39 is 0 Å². The van der Waals surface area contributed by atoms with Gasteiger partial charge in [0.05, 0.1) is 0 Å². The third-order valence-corrected chi connectivity index (χ3v) is 14.0. The molecule has 0 aliphatic carbocycles. The molecule has 0 amide bonds. The number of aryl methyl sites for hydroxylation is 12. The molecule has 0 atom stereocenters. The van der Waals surface area contributed by atoms with Gasteiger partial charge in [-0.1, -0.05) is 197 Å². The van der Waals surface area contributed by atoms with Crippen molar-refractivity contribution in [3.05, 3.63) is 176 Å². The Morgan fingerprint density at radius 1 is 0.297 bits per heavy atom. The fourth-order valence-electron chi connectivity index (χ4n) is 11.8. The minimum atomic E-state index is 0.102. The van der Waals surface area contributed by atoms with Gasteiger partial charge in [-0.3, -0.25) is 0 Å². The van der Waals surface area contributed by atoms with Gasteiger partial charge >= 0.3 is 0 Å². The quantitative estimate of drug-likeness (QED) is 0.134. The van der Waals surface area contributed by atoms with Crippen LogP contribution in [0.25, 0.3) is 32.7 Å². The summed E-state index contributed by atoms with van der Waals surface area (Å²) in [6, 6.07) is 42.9. The highest BCUT2D eigenvalue weighted by atomic mass is 15.1. The lowest BCUT2D eigenvalue weighted by Gasteiger charge is -2.28. The number of nitrogens with zero attached hydrogens (tertiary/aromatic N) is 2. The summed E-state index contributed by atoms with van der Waals surface area (Å²) in [6.07, 6.45) is 0. The summed E-state index contributed by atoms with van der Waals surface area (Å²) in [5, 5.41) is 5.03. The van der Waals surface area contributed by atoms with Gasteiger partial charge in [-0.2, -0.15) is 0 Å². The zero-order valence-electron chi connectivity index (χ0n) is 41.4. The van der Waals surface area contributed by atoms with Gasteiger partial charge in [-0.15, -0.1) is 0 Å². The van der Waals surface area contributed by atoms with Crippen LogP contribution < -0.4 is 42.6 Å². The Labute approximate surface area is 385 Å². The van der Waals surface area contributed by atoms with E-state index in [-0.39, 0.29) is 13.4 Å². The van der Waals surface area contributed by atoms with Crippen LogP contribution >= 0.6 is 0 Å². The monoisotopic (exact) mass is 837 g/mol. The summed E-state index contributed by atoms with van der Waals surface area (Å²) in [6.45, 7) is 27.5. The molecule has 0 unspecified atom stereocenters. The predicted octanol–water partition coefficient (Wildman–Crippen LogP) is 10.5. The average molecular weight is 837 g/mol. The lowest BCUT2D eigenvalue weighted by atomic mass is 9.34. The van der Waals surface area contributed by atoms with Crippen molar-refractivity contribution in [1.82, 2.24) is 0 Å². The van der Waals surface area contributed by atoms with Crippen LogP contribution in [0.1, 0.15) is 66.8 Å². The maximum Gasteiger partial charge on any atom is 0.242 e. The molecule has 2 nitrogen and oxygen atoms in total. The van der Waals surface area contributed by atoms with Crippen LogP contribution in [0.3, 0.4) is 0 Å². The van der Waals surface area contributed by atoms with Crippen molar-refractivity contribution in [3.63, 3.8) is 0 Å². The fourth-order valence-corrected chi connectivity index (χ4v) is 11.8. The first-order valence-corrected chi connectivity index (χ1v) is 23.1. The third kappa shape index (κ3) is 7.95. The Balaban J connectivity index is 1.39. The molecule has 0 N–H and O–H groups in total. The van der Waals surface area contributed by atoms with Crippen LogP contribution in [0.4, 0.5) is 11.4 Å². The van der Waals surface area contributed by atoms with Crippen molar-refractivity contribution in [2.45, 2.75) is 83.1 Å². The molecular formula is C60H66B2N2. The number of hydrogen-bond donors (Lipinski definition) is 0. The molecule has 0 fully saturated rings. The van der Waals surface area contributed by atoms with Gasteiger partial charge < -0.3 is 9.80 Å². The molecule has 0 bridgehead atoms. The second-order valence-corrected chi connectivity index (χ2v) is 19.8. The highest BCUT2D eigenvalue weighted by molar-refractivity contribution is 6.97. The molecule has 64 heavy (non-hydrogen) atoms. The molecule has 0 aliphatic rings. The topological polar surface area (TPSA) is 6.48 Å². The molecule has 4 heteroatoms. The van der Waals surface area contributed by atoms with Crippen LogP contribution in [-0.2, 0) is 0 Å². The average Bonchev–Trinajstić information content (AvgIpc) is 3.19. The largest absolute Gasteiger partial charge is 0.377 e. The van der Waals surface area contributed by atoms with Crippen molar-refractivity contribution >= 4 is 79.1 Å². The van der Waals surface area contributed by atoms with E-state index in [1.54, 1.807) is 0 Å².